The predicted molar refractivity (Wildman–Crippen MR) is 76.0 cm³/mol. The van der Waals surface area contributed by atoms with Crippen molar-refractivity contribution in [2.75, 3.05) is 0 Å². The first-order valence-electron chi connectivity index (χ1n) is 6.09. The van der Waals surface area contributed by atoms with Crippen LogP contribution in [0.3, 0.4) is 0 Å². The number of nitrogens with zero attached hydrogens (tertiary/aromatic N) is 1. The van der Waals surface area contributed by atoms with Gasteiger partial charge in [-0.25, -0.2) is 0 Å². The van der Waals surface area contributed by atoms with Crippen molar-refractivity contribution in [3.05, 3.63) is 70.0 Å². The fourth-order valence-electron chi connectivity index (χ4n) is 2.55. The molecule has 0 saturated carbocycles. The van der Waals surface area contributed by atoms with Crippen LogP contribution < -0.4 is 0 Å². The van der Waals surface area contributed by atoms with Gasteiger partial charge in [-0.1, -0.05) is 30.3 Å². The van der Waals surface area contributed by atoms with Crippen LogP contribution in [0.1, 0.15) is 27.9 Å². The normalized spacial score (nSPS) is 13.8. The fourth-order valence-corrected chi connectivity index (χ4v) is 2.75. The quantitative estimate of drug-likeness (QED) is 0.687. The summed E-state index contributed by atoms with van der Waals surface area (Å²) in [6, 6.07) is 8.23. The third-order valence-electron chi connectivity index (χ3n) is 3.45. The highest BCUT2D eigenvalue weighted by Crippen LogP contribution is 2.32. The Morgan fingerprint density at radius 2 is 1.94 bits per heavy atom. The molecule has 0 radical (unpaired) electrons. The van der Waals surface area contributed by atoms with Crippen LogP contribution in [0.25, 0.3) is 5.57 Å². The largest absolute Gasteiger partial charge is 0.256 e. The lowest BCUT2D eigenvalue weighted by Crippen LogP contribution is -1.96. The number of hydrogen-bond donors (Lipinski definition) is 0. The van der Waals surface area contributed by atoms with Gasteiger partial charge in [-0.2, -0.15) is 0 Å². The zero-order valence-electron chi connectivity index (χ0n) is 10.3. The number of benzene rings is 1. The number of aromatic nitrogens is 1. The standard InChI is InChI=1S/C16H14ClN/c1-10-7-13-4-3-12-8-14(17)5-6-15(12)11(2)16(13)18-9-10/h5-9H,2-4H2,1H3. The van der Waals surface area contributed by atoms with Crippen LogP contribution in [-0.2, 0) is 12.8 Å². The minimum atomic E-state index is 0.789. The molecule has 1 aromatic carbocycles. The summed E-state index contributed by atoms with van der Waals surface area (Å²) in [5.74, 6) is 0. The van der Waals surface area contributed by atoms with E-state index in [1.165, 1.54) is 22.3 Å². The van der Waals surface area contributed by atoms with Gasteiger partial charge in [-0.3, -0.25) is 4.98 Å². The third-order valence-corrected chi connectivity index (χ3v) is 3.68. The molecule has 0 spiro atoms. The Morgan fingerprint density at radius 1 is 1.17 bits per heavy atom. The summed E-state index contributed by atoms with van der Waals surface area (Å²) in [5, 5.41) is 0.789. The van der Waals surface area contributed by atoms with Crippen LogP contribution in [0, 0.1) is 6.92 Å². The summed E-state index contributed by atoms with van der Waals surface area (Å²) in [6.45, 7) is 6.28. The molecule has 0 bridgehead atoms. The van der Waals surface area contributed by atoms with Gasteiger partial charge in [-0.15, -0.1) is 0 Å². The summed E-state index contributed by atoms with van der Waals surface area (Å²) >= 11 is 6.07. The van der Waals surface area contributed by atoms with Gasteiger partial charge in [-0.05, 0) is 54.2 Å². The highest BCUT2D eigenvalue weighted by atomic mass is 35.5. The lowest BCUT2D eigenvalue weighted by Gasteiger charge is -2.09. The number of aryl methyl sites for hydroxylation is 3. The highest BCUT2D eigenvalue weighted by molar-refractivity contribution is 6.30. The molecule has 1 aliphatic rings. The smallest absolute Gasteiger partial charge is 0.0734 e. The van der Waals surface area contributed by atoms with Gasteiger partial charge in [0.1, 0.15) is 0 Å². The van der Waals surface area contributed by atoms with E-state index in [0.717, 1.165) is 29.1 Å². The molecule has 2 aromatic rings. The lowest BCUT2D eigenvalue weighted by molar-refractivity contribution is 0.952. The van der Waals surface area contributed by atoms with E-state index in [4.69, 9.17) is 11.6 Å². The molecule has 0 amide bonds. The van der Waals surface area contributed by atoms with E-state index in [0.29, 0.717) is 0 Å². The Morgan fingerprint density at radius 3 is 2.78 bits per heavy atom. The number of hydrogen-bond acceptors (Lipinski definition) is 1. The fraction of sp³-hybridized carbons (Fsp3) is 0.188. The zero-order valence-corrected chi connectivity index (χ0v) is 11.1. The number of rotatable bonds is 0. The molecule has 0 N–H and O–H groups in total. The van der Waals surface area contributed by atoms with Crippen LogP contribution in [0.4, 0.5) is 0 Å². The molecule has 1 nitrogen and oxygen atoms in total. The minimum absolute atomic E-state index is 0.789. The first kappa shape index (κ1) is 11.5. The van der Waals surface area contributed by atoms with Crippen LogP contribution >= 0.6 is 11.6 Å². The molecule has 0 aliphatic heterocycles. The van der Waals surface area contributed by atoms with Crippen molar-refractivity contribution in [2.24, 2.45) is 0 Å². The Bertz CT molecular complexity index is 588. The van der Waals surface area contributed by atoms with Gasteiger partial charge in [0.15, 0.2) is 0 Å². The predicted octanol–water partition coefficient (Wildman–Crippen LogP) is 4.20. The molecule has 90 valence electrons. The Balaban J connectivity index is 2.18. The van der Waals surface area contributed by atoms with Crippen molar-refractivity contribution < 1.29 is 0 Å². The topological polar surface area (TPSA) is 12.9 Å². The molecule has 1 aromatic heterocycles. The Hall–Kier alpha value is -1.60. The van der Waals surface area contributed by atoms with E-state index < -0.39 is 0 Å². The van der Waals surface area contributed by atoms with Gasteiger partial charge in [0.2, 0.25) is 0 Å². The second kappa shape index (κ2) is 4.25. The van der Waals surface area contributed by atoms with E-state index in [1.807, 2.05) is 18.3 Å². The minimum Gasteiger partial charge on any atom is -0.256 e. The second-order valence-corrected chi connectivity index (χ2v) is 5.24. The summed E-state index contributed by atoms with van der Waals surface area (Å²) in [6.07, 6.45) is 3.90. The molecule has 1 heterocycles. The maximum atomic E-state index is 6.07. The molecule has 3 rings (SSSR count). The monoisotopic (exact) mass is 255 g/mol. The maximum absolute atomic E-state index is 6.07. The lowest BCUT2D eigenvalue weighted by atomic mass is 9.99. The summed E-state index contributed by atoms with van der Waals surface area (Å²) in [7, 11) is 0. The van der Waals surface area contributed by atoms with Crippen molar-refractivity contribution >= 4 is 17.2 Å². The van der Waals surface area contributed by atoms with Crippen molar-refractivity contribution in [3.63, 3.8) is 0 Å². The average molecular weight is 256 g/mol. The summed E-state index contributed by atoms with van der Waals surface area (Å²) in [5.41, 5.74) is 6.96. The number of fused-ring (bicyclic) bond motifs is 2. The molecular weight excluding hydrogens is 242 g/mol. The van der Waals surface area contributed by atoms with E-state index in [-0.39, 0.29) is 0 Å². The van der Waals surface area contributed by atoms with Crippen LogP contribution in [0.2, 0.25) is 5.02 Å². The number of halogens is 1. The molecule has 0 saturated heterocycles. The van der Waals surface area contributed by atoms with Crippen LogP contribution in [0.15, 0.2) is 37.0 Å². The summed E-state index contributed by atoms with van der Waals surface area (Å²) < 4.78 is 0. The van der Waals surface area contributed by atoms with Crippen molar-refractivity contribution in [1.82, 2.24) is 4.98 Å². The van der Waals surface area contributed by atoms with Gasteiger partial charge < -0.3 is 0 Å². The first-order chi connectivity index (χ1) is 8.65. The van der Waals surface area contributed by atoms with Crippen molar-refractivity contribution in [2.45, 2.75) is 19.8 Å². The zero-order chi connectivity index (χ0) is 12.7. The SMILES string of the molecule is C=C1c2ccc(Cl)cc2CCc2cc(C)cnc21. The molecule has 0 atom stereocenters. The van der Waals surface area contributed by atoms with Crippen molar-refractivity contribution in [3.8, 4) is 0 Å². The average Bonchev–Trinajstić information content (AvgIpc) is 2.47. The van der Waals surface area contributed by atoms with Crippen molar-refractivity contribution in [1.29, 1.82) is 0 Å². The van der Waals surface area contributed by atoms with E-state index in [2.05, 4.69) is 30.6 Å². The van der Waals surface area contributed by atoms with E-state index in [9.17, 15) is 0 Å². The molecule has 1 aliphatic carbocycles. The Labute approximate surface area is 112 Å². The van der Waals surface area contributed by atoms with Gasteiger partial charge in [0.05, 0.1) is 5.69 Å². The molecule has 0 fully saturated rings. The van der Waals surface area contributed by atoms with Gasteiger partial charge in [0.25, 0.3) is 0 Å². The van der Waals surface area contributed by atoms with Gasteiger partial charge >= 0.3 is 0 Å². The van der Waals surface area contributed by atoms with Crippen LogP contribution in [0.5, 0.6) is 0 Å². The van der Waals surface area contributed by atoms with Crippen LogP contribution in [-0.4, -0.2) is 4.98 Å². The first-order valence-corrected chi connectivity index (χ1v) is 6.46. The Kier molecular flexibility index (Phi) is 2.71. The van der Waals surface area contributed by atoms with E-state index >= 15 is 0 Å². The second-order valence-electron chi connectivity index (χ2n) is 4.80. The third kappa shape index (κ3) is 1.85. The van der Waals surface area contributed by atoms with Gasteiger partial charge in [0, 0.05) is 16.8 Å². The van der Waals surface area contributed by atoms with E-state index in [1.54, 1.807) is 0 Å². The maximum Gasteiger partial charge on any atom is 0.0734 e. The summed E-state index contributed by atoms with van der Waals surface area (Å²) in [4.78, 5) is 4.55. The molecule has 18 heavy (non-hydrogen) atoms. The molecular formula is C16H14ClN. The molecule has 0 unspecified atom stereocenters. The molecule has 2 heteroatoms. The highest BCUT2D eigenvalue weighted by Gasteiger charge is 2.17. The number of pyridine rings is 1.